The maximum absolute atomic E-state index is 3.74. The first kappa shape index (κ1) is 15.0. The Morgan fingerprint density at radius 3 is 1.80 bits per heavy atom. The molecule has 15 heavy (non-hydrogen) atoms. The van der Waals surface area contributed by atoms with E-state index in [1.54, 1.807) is 0 Å². The summed E-state index contributed by atoms with van der Waals surface area (Å²) in [6.07, 6.45) is 5.23. The second-order valence-corrected chi connectivity index (χ2v) is 5.40. The molecule has 0 saturated heterocycles. The van der Waals surface area contributed by atoms with Crippen molar-refractivity contribution >= 4 is 0 Å². The van der Waals surface area contributed by atoms with Crippen LogP contribution in [0, 0.1) is 11.8 Å². The SMILES string of the molecule is CCC(CC)C(C)NC(C)CCC(C)C. The molecule has 0 aliphatic heterocycles. The van der Waals surface area contributed by atoms with Gasteiger partial charge in [-0.2, -0.15) is 0 Å². The zero-order valence-electron chi connectivity index (χ0n) is 11.6. The van der Waals surface area contributed by atoms with E-state index in [1.165, 1.54) is 25.7 Å². The number of rotatable bonds is 8. The van der Waals surface area contributed by atoms with Crippen molar-refractivity contribution in [1.29, 1.82) is 0 Å². The molecular weight excluding hydrogens is 182 g/mol. The predicted octanol–water partition coefficient (Wildman–Crippen LogP) is 4.23. The van der Waals surface area contributed by atoms with E-state index < -0.39 is 0 Å². The lowest BCUT2D eigenvalue weighted by molar-refractivity contribution is 0.314. The molecule has 0 bridgehead atoms. The number of nitrogens with one attached hydrogen (secondary N) is 1. The number of hydrogen-bond donors (Lipinski definition) is 1. The fourth-order valence-electron chi connectivity index (χ4n) is 2.25. The van der Waals surface area contributed by atoms with Crippen LogP contribution in [0.1, 0.15) is 67.2 Å². The van der Waals surface area contributed by atoms with E-state index in [4.69, 9.17) is 0 Å². The smallest absolute Gasteiger partial charge is 0.00692 e. The minimum Gasteiger partial charge on any atom is -0.312 e. The zero-order valence-corrected chi connectivity index (χ0v) is 11.6. The highest BCUT2D eigenvalue weighted by Gasteiger charge is 2.15. The first-order chi connectivity index (χ1) is 7.01. The first-order valence-electron chi connectivity index (χ1n) is 6.77. The molecule has 0 rings (SSSR count). The van der Waals surface area contributed by atoms with Crippen LogP contribution in [-0.2, 0) is 0 Å². The van der Waals surface area contributed by atoms with E-state index in [2.05, 4.69) is 46.9 Å². The van der Waals surface area contributed by atoms with Gasteiger partial charge in [0.25, 0.3) is 0 Å². The van der Waals surface area contributed by atoms with Crippen molar-refractivity contribution in [2.24, 2.45) is 11.8 Å². The highest BCUT2D eigenvalue weighted by molar-refractivity contribution is 4.74. The minimum atomic E-state index is 0.669. The van der Waals surface area contributed by atoms with Gasteiger partial charge in [-0.15, -0.1) is 0 Å². The van der Waals surface area contributed by atoms with Gasteiger partial charge in [-0.25, -0.2) is 0 Å². The van der Waals surface area contributed by atoms with Crippen molar-refractivity contribution in [2.75, 3.05) is 0 Å². The van der Waals surface area contributed by atoms with E-state index >= 15 is 0 Å². The summed E-state index contributed by atoms with van der Waals surface area (Å²) in [7, 11) is 0. The molecule has 1 heteroatoms. The van der Waals surface area contributed by atoms with Gasteiger partial charge >= 0.3 is 0 Å². The molecule has 0 radical (unpaired) electrons. The van der Waals surface area contributed by atoms with E-state index in [0.29, 0.717) is 12.1 Å². The number of hydrogen-bond acceptors (Lipinski definition) is 1. The Kier molecular flexibility index (Phi) is 8.13. The molecule has 2 unspecified atom stereocenters. The van der Waals surface area contributed by atoms with Gasteiger partial charge in [-0.3, -0.25) is 0 Å². The monoisotopic (exact) mass is 213 g/mol. The summed E-state index contributed by atoms with van der Waals surface area (Å²) >= 11 is 0. The van der Waals surface area contributed by atoms with Crippen LogP contribution in [0.25, 0.3) is 0 Å². The summed E-state index contributed by atoms with van der Waals surface area (Å²) < 4.78 is 0. The maximum Gasteiger partial charge on any atom is 0.00692 e. The highest BCUT2D eigenvalue weighted by Crippen LogP contribution is 2.14. The first-order valence-corrected chi connectivity index (χ1v) is 6.77. The lowest BCUT2D eigenvalue weighted by Gasteiger charge is -2.26. The van der Waals surface area contributed by atoms with Crippen LogP contribution in [0.15, 0.2) is 0 Å². The van der Waals surface area contributed by atoms with Crippen molar-refractivity contribution in [1.82, 2.24) is 5.32 Å². The molecule has 1 N–H and O–H groups in total. The zero-order chi connectivity index (χ0) is 11.8. The second kappa shape index (κ2) is 8.15. The molecular formula is C14H31N. The normalized spacial score (nSPS) is 16.0. The lowest BCUT2D eigenvalue weighted by Crippen LogP contribution is -2.39. The van der Waals surface area contributed by atoms with Crippen LogP contribution in [0.3, 0.4) is 0 Å². The molecule has 0 aliphatic carbocycles. The molecule has 0 aromatic rings. The van der Waals surface area contributed by atoms with Gasteiger partial charge in [-0.1, -0.05) is 40.5 Å². The summed E-state index contributed by atoms with van der Waals surface area (Å²) in [6, 6.07) is 1.34. The summed E-state index contributed by atoms with van der Waals surface area (Å²) in [5, 5.41) is 3.74. The Morgan fingerprint density at radius 1 is 0.867 bits per heavy atom. The van der Waals surface area contributed by atoms with Crippen LogP contribution in [-0.4, -0.2) is 12.1 Å². The quantitative estimate of drug-likeness (QED) is 0.636. The van der Waals surface area contributed by atoms with Crippen molar-refractivity contribution in [3.05, 3.63) is 0 Å². The lowest BCUT2D eigenvalue weighted by atomic mass is 9.94. The van der Waals surface area contributed by atoms with Crippen molar-refractivity contribution in [3.63, 3.8) is 0 Å². The Labute approximate surface area is 97.0 Å². The van der Waals surface area contributed by atoms with Crippen molar-refractivity contribution in [3.8, 4) is 0 Å². The van der Waals surface area contributed by atoms with Crippen LogP contribution in [0.5, 0.6) is 0 Å². The van der Waals surface area contributed by atoms with E-state index in [0.717, 1.165) is 11.8 Å². The molecule has 0 heterocycles. The van der Waals surface area contributed by atoms with Gasteiger partial charge in [0.1, 0.15) is 0 Å². The fourth-order valence-corrected chi connectivity index (χ4v) is 2.25. The van der Waals surface area contributed by atoms with E-state index in [9.17, 15) is 0 Å². The molecule has 0 fully saturated rings. The van der Waals surface area contributed by atoms with Crippen LogP contribution < -0.4 is 5.32 Å². The summed E-state index contributed by atoms with van der Waals surface area (Å²) in [6.45, 7) is 13.9. The van der Waals surface area contributed by atoms with Gasteiger partial charge in [0.05, 0.1) is 0 Å². The Bertz CT molecular complexity index is 138. The third kappa shape index (κ3) is 6.94. The topological polar surface area (TPSA) is 12.0 Å². The molecule has 0 aromatic carbocycles. The average Bonchev–Trinajstić information content (AvgIpc) is 2.16. The highest BCUT2D eigenvalue weighted by atomic mass is 14.9. The maximum atomic E-state index is 3.74. The molecule has 2 atom stereocenters. The summed E-state index contributed by atoms with van der Waals surface area (Å²) in [5.74, 6) is 1.67. The van der Waals surface area contributed by atoms with Gasteiger partial charge in [0.2, 0.25) is 0 Å². The van der Waals surface area contributed by atoms with Crippen LogP contribution >= 0.6 is 0 Å². The molecule has 1 nitrogen and oxygen atoms in total. The molecule has 0 aromatic heterocycles. The Morgan fingerprint density at radius 2 is 1.40 bits per heavy atom. The van der Waals surface area contributed by atoms with Crippen molar-refractivity contribution < 1.29 is 0 Å². The largest absolute Gasteiger partial charge is 0.312 e. The minimum absolute atomic E-state index is 0.669. The van der Waals surface area contributed by atoms with Crippen molar-refractivity contribution in [2.45, 2.75) is 79.3 Å². The van der Waals surface area contributed by atoms with Gasteiger partial charge in [0, 0.05) is 12.1 Å². The van der Waals surface area contributed by atoms with E-state index in [1.807, 2.05) is 0 Å². The predicted molar refractivity (Wildman–Crippen MR) is 70.2 cm³/mol. The van der Waals surface area contributed by atoms with Gasteiger partial charge in [-0.05, 0) is 38.5 Å². The molecule has 0 saturated carbocycles. The van der Waals surface area contributed by atoms with Crippen LogP contribution in [0.2, 0.25) is 0 Å². The Hall–Kier alpha value is -0.0400. The average molecular weight is 213 g/mol. The third-order valence-electron chi connectivity index (χ3n) is 3.48. The summed E-state index contributed by atoms with van der Waals surface area (Å²) in [4.78, 5) is 0. The van der Waals surface area contributed by atoms with Gasteiger partial charge < -0.3 is 5.32 Å². The molecule has 0 spiro atoms. The Balaban J connectivity index is 3.78. The van der Waals surface area contributed by atoms with Crippen LogP contribution in [0.4, 0.5) is 0 Å². The molecule has 92 valence electrons. The second-order valence-electron chi connectivity index (χ2n) is 5.40. The molecule has 0 amide bonds. The molecule has 0 aliphatic rings. The summed E-state index contributed by atoms with van der Waals surface area (Å²) in [5.41, 5.74) is 0. The third-order valence-corrected chi connectivity index (χ3v) is 3.48. The standard InChI is InChI=1S/C14H31N/c1-7-14(8-2)13(6)15-12(5)10-9-11(3)4/h11-15H,7-10H2,1-6H3. The fraction of sp³-hybridized carbons (Fsp3) is 1.00. The van der Waals surface area contributed by atoms with E-state index in [-0.39, 0.29) is 0 Å². The van der Waals surface area contributed by atoms with Gasteiger partial charge in [0.15, 0.2) is 0 Å².